The Kier molecular flexibility index (Phi) is 3.58. The van der Waals surface area contributed by atoms with E-state index in [1.165, 1.54) is 6.42 Å². The van der Waals surface area contributed by atoms with Crippen molar-refractivity contribution in [2.24, 2.45) is 0 Å². The summed E-state index contributed by atoms with van der Waals surface area (Å²) in [6.07, 6.45) is 6.59. The van der Waals surface area contributed by atoms with Gasteiger partial charge >= 0.3 is 0 Å². The first-order chi connectivity index (χ1) is 5.74. The van der Waals surface area contributed by atoms with Gasteiger partial charge in [0.2, 0.25) is 0 Å². The Bertz CT molecular complexity index is 171. The van der Waals surface area contributed by atoms with Gasteiger partial charge in [0.25, 0.3) is 0 Å². The van der Waals surface area contributed by atoms with Crippen molar-refractivity contribution in [1.29, 1.82) is 0 Å². The van der Waals surface area contributed by atoms with Gasteiger partial charge in [-0.1, -0.05) is 5.92 Å². The minimum atomic E-state index is 0.285. The average Bonchev–Trinajstić information content (AvgIpc) is 2.28. The second-order valence-corrected chi connectivity index (χ2v) is 3.55. The van der Waals surface area contributed by atoms with Crippen molar-refractivity contribution >= 4 is 0 Å². The van der Waals surface area contributed by atoms with E-state index in [0.29, 0.717) is 6.04 Å². The number of hydrogen-bond donors (Lipinski definition) is 1. The predicted octanol–water partition coefficient (Wildman–Crippen LogP) is 0.692. The fourth-order valence-corrected chi connectivity index (χ4v) is 1.60. The van der Waals surface area contributed by atoms with Crippen LogP contribution in [0.4, 0.5) is 0 Å². The second-order valence-electron chi connectivity index (χ2n) is 3.55. The minimum Gasteiger partial charge on any atom is -0.313 e. The molecule has 0 aromatic carbocycles. The summed E-state index contributed by atoms with van der Waals surface area (Å²) in [5.74, 6) is 2.78. The highest BCUT2D eigenvalue weighted by Gasteiger charge is 2.16. The van der Waals surface area contributed by atoms with Gasteiger partial charge in [-0.15, -0.1) is 6.42 Å². The van der Waals surface area contributed by atoms with Gasteiger partial charge in [0.15, 0.2) is 0 Å². The van der Waals surface area contributed by atoms with Crippen molar-refractivity contribution in [1.82, 2.24) is 10.2 Å². The summed E-state index contributed by atoms with van der Waals surface area (Å²) in [6.45, 7) is 7.63. The first-order valence-electron chi connectivity index (χ1n) is 4.67. The fourth-order valence-electron chi connectivity index (χ4n) is 1.60. The van der Waals surface area contributed by atoms with Gasteiger partial charge in [0.1, 0.15) is 0 Å². The zero-order chi connectivity index (χ0) is 8.97. The first kappa shape index (κ1) is 9.57. The van der Waals surface area contributed by atoms with Gasteiger partial charge in [0, 0.05) is 19.1 Å². The molecule has 1 aliphatic heterocycles. The standard InChI is InChI=1S/C10H18N2/c1-4-10(3)12-7-5-6-11-9(2)8-12/h1,9-11H,5-8H2,2-3H3. The molecule has 2 atom stereocenters. The van der Waals surface area contributed by atoms with Crippen LogP contribution in [-0.4, -0.2) is 36.6 Å². The lowest BCUT2D eigenvalue weighted by molar-refractivity contribution is 0.247. The van der Waals surface area contributed by atoms with Crippen LogP contribution >= 0.6 is 0 Å². The third-order valence-electron chi connectivity index (χ3n) is 2.41. The molecule has 2 nitrogen and oxygen atoms in total. The lowest BCUT2D eigenvalue weighted by Gasteiger charge is -2.25. The lowest BCUT2D eigenvalue weighted by atomic mass is 10.2. The van der Waals surface area contributed by atoms with Gasteiger partial charge in [-0.25, -0.2) is 0 Å². The number of nitrogens with zero attached hydrogens (tertiary/aromatic N) is 1. The van der Waals surface area contributed by atoms with Crippen molar-refractivity contribution in [3.63, 3.8) is 0 Å². The van der Waals surface area contributed by atoms with Crippen molar-refractivity contribution in [2.45, 2.75) is 32.4 Å². The molecule has 1 aliphatic rings. The largest absolute Gasteiger partial charge is 0.313 e. The van der Waals surface area contributed by atoms with Gasteiger partial charge in [-0.3, -0.25) is 4.90 Å². The van der Waals surface area contributed by atoms with Crippen molar-refractivity contribution in [3.8, 4) is 12.3 Å². The number of terminal acetylenes is 1. The van der Waals surface area contributed by atoms with Crippen molar-refractivity contribution in [2.75, 3.05) is 19.6 Å². The van der Waals surface area contributed by atoms with E-state index in [-0.39, 0.29) is 6.04 Å². The van der Waals surface area contributed by atoms with Crippen LogP contribution in [0.2, 0.25) is 0 Å². The monoisotopic (exact) mass is 166 g/mol. The average molecular weight is 166 g/mol. The van der Waals surface area contributed by atoms with E-state index in [1.54, 1.807) is 0 Å². The van der Waals surface area contributed by atoms with Crippen LogP contribution in [0.3, 0.4) is 0 Å². The van der Waals surface area contributed by atoms with E-state index in [0.717, 1.165) is 19.6 Å². The maximum Gasteiger partial charge on any atom is 0.0683 e. The molecule has 0 saturated carbocycles. The molecule has 2 unspecified atom stereocenters. The zero-order valence-corrected chi connectivity index (χ0v) is 8.01. The number of rotatable bonds is 1. The Morgan fingerprint density at radius 2 is 2.42 bits per heavy atom. The molecule has 0 aromatic heterocycles. The van der Waals surface area contributed by atoms with E-state index in [4.69, 9.17) is 6.42 Å². The normalized spacial score (nSPS) is 28.9. The summed E-state index contributed by atoms with van der Waals surface area (Å²) < 4.78 is 0. The fraction of sp³-hybridized carbons (Fsp3) is 0.800. The van der Waals surface area contributed by atoms with Gasteiger partial charge in [-0.05, 0) is 26.8 Å². The first-order valence-corrected chi connectivity index (χ1v) is 4.67. The molecule has 12 heavy (non-hydrogen) atoms. The molecule has 1 rings (SSSR count). The van der Waals surface area contributed by atoms with Crippen LogP contribution in [0.5, 0.6) is 0 Å². The maximum atomic E-state index is 5.39. The second kappa shape index (κ2) is 4.49. The quantitative estimate of drug-likeness (QED) is 0.577. The van der Waals surface area contributed by atoms with Crippen LogP contribution < -0.4 is 5.32 Å². The minimum absolute atomic E-state index is 0.285. The molecule has 0 bridgehead atoms. The lowest BCUT2D eigenvalue weighted by Crippen LogP contribution is -2.39. The highest BCUT2D eigenvalue weighted by molar-refractivity contribution is 4.98. The summed E-state index contributed by atoms with van der Waals surface area (Å²) in [5, 5.41) is 3.44. The Balaban J connectivity index is 2.47. The molecule has 1 saturated heterocycles. The highest BCUT2D eigenvalue weighted by atomic mass is 15.2. The summed E-state index contributed by atoms with van der Waals surface area (Å²) in [5.41, 5.74) is 0. The summed E-state index contributed by atoms with van der Waals surface area (Å²) in [7, 11) is 0. The van der Waals surface area contributed by atoms with Gasteiger partial charge < -0.3 is 5.32 Å². The molecule has 1 fully saturated rings. The Hall–Kier alpha value is -0.520. The molecular weight excluding hydrogens is 148 g/mol. The van der Waals surface area contributed by atoms with E-state index in [2.05, 4.69) is 30.0 Å². The summed E-state index contributed by atoms with van der Waals surface area (Å²) in [6, 6.07) is 0.857. The molecule has 0 spiro atoms. The van der Waals surface area contributed by atoms with E-state index in [1.807, 2.05) is 0 Å². The topological polar surface area (TPSA) is 15.3 Å². The molecule has 0 radical (unpaired) electrons. The molecule has 68 valence electrons. The van der Waals surface area contributed by atoms with E-state index >= 15 is 0 Å². The molecular formula is C10H18N2. The van der Waals surface area contributed by atoms with Crippen LogP contribution in [-0.2, 0) is 0 Å². The third kappa shape index (κ3) is 2.51. The Labute approximate surface area is 75.3 Å². The van der Waals surface area contributed by atoms with Crippen molar-refractivity contribution in [3.05, 3.63) is 0 Å². The predicted molar refractivity (Wildman–Crippen MR) is 51.9 cm³/mol. The van der Waals surface area contributed by atoms with Crippen LogP contribution in [0.1, 0.15) is 20.3 Å². The Morgan fingerprint density at radius 3 is 3.08 bits per heavy atom. The number of hydrogen-bond acceptors (Lipinski definition) is 2. The van der Waals surface area contributed by atoms with Crippen LogP contribution in [0.25, 0.3) is 0 Å². The summed E-state index contributed by atoms with van der Waals surface area (Å²) in [4.78, 5) is 2.37. The van der Waals surface area contributed by atoms with Crippen molar-refractivity contribution < 1.29 is 0 Å². The molecule has 1 heterocycles. The Morgan fingerprint density at radius 1 is 1.67 bits per heavy atom. The zero-order valence-electron chi connectivity index (χ0n) is 8.01. The van der Waals surface area contributed by atoms with Crippen LogP contribution in [0.15, 0.2) is 0 Å². The number of nitrogens with one attached hydrogen (secondary N) is 1. The van der Waals surface area contributed by atoms with Gasteiger partial charge in [0.05, 0.1) is 6.04 Å². The maximum absolute atomic E-state index is 5.39. The summed E-state index contributed by atoms with van der Waals surface area (Å²) >= 11 is 0. The third-order valence-corrected chi connectivity index (χ3v) is 2.41. The molecule has 0 amide bonds. The molecule has 1 N–H and O–H groups in total. The SMILES string of the molecule is C#CC(C)N1CCCNC(C)C1. The van der Waals surface area contributed by atoms with E-state index < -0.39 is 0 Å². The molecule has 2 heteroatoms. The molecule has 0 aliphatic carbocycles. The highest BCUT2D eigenvalue weighted by Crippen LogP contribution is 2.04. The smallest absolute Gasteiger partial charge is 0.0683 e. The van der Waals surface area contributed by atoms with E-state index in [9.17, 15) is 0 Å². The molecule has 0 aromatic rings. The van der Waals surface area contributed by atoms with Crippen LogP contribution in [0, 0.1) is 12.3 Å². The van der Waals surface area contributed by atoms with Gasteiger partial charge in [-0.2, -0.15) is 0 Å².